The molecule has 0 spiro atoms. The maximum Gasteiger partial charge on any atom is 1.00 e. The number of hydrogen-bond donors (Lipinski definition) is 2. The second kappa shape index (κ2) is 16.4. The molecule has 342 valence electrons. The summed E-state index contributed by atoms with van der Waals surface area (Å²) in [5.74, 6) is -5.21. The summed E-state index contributed by atoms with van der Waals surface area (Å²) in [6.07, 6.45) is 0. The Hall–Kier alpha value is -6.65. The molecule has 10 aromatic carbocycles. The Balaban J connectivity index is 0.00000264. The van der Waals surface area contributed by atoms with E-state index in [0.29, 0.717) is 97.3 Å². The first kappa shape index (κ1) is 47.8. The van der Waals surface area contributed by atoms with E-state index < -0.39 is 47.3 Å². The van der Waals surface area contributed by atoms with Crippen molar-refractivity contribution in [1.82, 2.24) is 10.6 Å². The average molecular weight is 1160 g/mol. The predicted molar refractivity (Wildman–Crippen MR) is 278 cm³/mol. The van der Waals surface area contributed by atoms with Crippen molar-refractivity contribution in [1.29, 1.82) is 10.5 Å². The molecule has 0 saturated carbocycles. The van der Waals surface area contributed by atoms with Gasteiger partial charge in [0.15, 0.2) is 0 Å². The van der Waals surface area contributed by atoms with E-state index in [1.54, 1.807) is 60.7 Å². The number of nitrogens with one attached hydrogen (secondary N) is 2. The standard InChI is InChI=1S/C58H20N6O8S2.2Rb/c59-17-19-13-31-43-25(51(65)61-55(31)69)7-3-23-41-29(15-33-45-27(53(67)63-57(33)71)5-1-21(49(41)45)39(19)47(23)43)35-9-11-37(73-35)38-12-10-36(74-38)30-16-34-46-28(54(68)64-58(34)72)6-2-22-40-20(18-60)14-32-44-26(52(66)62-56(32)70)8-4-24(48(40)44)42(30)50(22)46;;/h1-16H,(H4,61,62,63,64,65,66,67,68,69,70,71,72);;/q;2*+1/p-2. The summed E-state index contributed by atoms with van der Waals surface area (Å²) >= 11 is 2.87. The van der Waals surface area contributed by atoms with Crippen LogP contribution in [0.4, 0.5) is 0 Å². The smallest absolute Gasteiger partial charge is 0.587 e. The second-order valence-electron chi connectivity index (χ2n) is 18.6. The Labute approximate surface area is 530 Å². The summed E-state index contributed by atoms with van der Waals surface area (Å²) in [4.78, 5) is 111. The fourth-order valence-electron chi connectivity index (χ4n) is 12.3. The molecule has 2 N–H and O–H groups in total. The molecule has 0 aliphatic carbocycles. The van der Waals surface area contributed by atoms with Crippen LogP contribution in [0.15, 0.2) is 97.1 Å². The van der Waals surface area contributed by atoms with Crippen molar-refractivity contribution in [3.05, 3.63) is 163 Å². The quantitative estimate of drug-likeness (QED) is 0.123. The first-order valence-corrected chi connectivity index (χ1v) is 24.4. The molecule has 76 heavy (non-hydrogen) atoms. The maximum absolute atomic E-state index is 13.9. The van der Waals surface area contributed by atoms with Gasteiger partial charge in [-0.2, -0.15) is 10.5 Å². The number of nitriles is 2. The number of imide groups is 4. The summed E-state index contributed by atoms with van der Waals surface area (Å²) in [5.41, 5.74) is 3.37. The zero-order valence-electron chi connectivity index (χ0n) is 39.1. The number of rotatable bonds is 3. The molecule has 0 fully saturated rings. The van der Waals surface area contributed by atoms with Gasteiger partial charge in [-0.1, -0.05) is 36.4 Å². The second-order valence-corrected chi connectivity index (χ2v) is 20.8. The van der Waals surface area contributed by atoms with Crippen molar-refractivity contribution in [3.63, 3.8) is 0 Å². The van der Waals surface area contributed by atoms with Crippen molar-refractivity contribution < 1.29 is 155 Å². The number of thiophene rings is 2. The van der Waals surface area contributed by atoms with E-state index in [1.807, 2.05) is 24.3 Å². The molecule has 4 aliphatic rings. The first-order chi connectivity index (χ1) is 35.9. The van der Waals surface area contributed by atoms with Gasteiger partial charge in [-0.05, 0) is 104 Å². The number of fused-ring (bicyclic) bond motifs is 4. The Morgan fingerprint density at radius 2 is 0.632 bits per heavy atom. The molecule has 18 heteroatoms. The van der Waals surface area contributed by atoms with Crippen LogP contribution in [0.2, 0.25) is 0 Å². The van der Waals surface area contributed by atoms with Crippen LogP contribution in [0.25, 0.3) is 127 Å². The summed E-state index contributed by atoms with van der Waals surface area (Å²) < 4.78 is 0. The van der Waals surface area contributed by atoms with Crippen LogP contribution < -0.4 is 127 Å². The van der Waals surface area contributed by atoms with E-state index in [9.17, 15) is 48.9 Å². The molecule has 4 aliphatic heterocycles. The van der Waals surface area contributed by atoms with Crippen molar-refractivity contribution in [2.75, 3.05) is 0 Å². The van der Waals surface area contributed by atoms with E-state index >= 15 is 0 Å². The van der Waals surface area contributed by atoms with Gasteiger partial charge in [-0.3, -0.25) is 29.8 Å². The Morgan fingerprint density at radius 3 is 1.08 bits per heavy atom. The van der Waals surface area contributed by atoms with Gasteiger partial charge in [-0.25, -0.2) is 0 Å². The van der Waals surface area contributed by atoms with Gasteiger partial charge in [0.2, 0.25) is 0 Å². The predicted octanol–water partition coefficient (Wildman–Crippen LogP) is 5.77. The van der Waals surface area contributed by atoms with Gasteiger partial charge in [0.05, 0.1) is 46.9 Å². The van der Waals surface area contributed by atoms with E-state index in [4.69, 9.17) is 0 Å². The van der Waals surface area contributed by atoms with Crippen LogP contribution in [0, 0.1) is 22.7 Å². The van der Waals surface area contributed by atoms with Crippen molar-refractivity contribution in [2.24, 2.45) is 0 Å². The molecule has 12 aromatic rings. The van der Waals surface area contributed by atoms with Gasteiger partial charge < -0.3 is 29.8 Å². The van der Waals surface area contributed by atoms with E-state index in [1.165, 1.54) is 34.8 Å². The SMILES string of the molecule is N#Cc1cc2c3c(ccc4c5c(-c6ccc(-c7ccc(-c8cc9c%10c(ccc%11c%12c(C#N)cc%13c%14c(ccc(c8c%10%11)c%14%12)C(=O)[N-]C%13=O)C(=O)NC9=O)s7)s6)cc6c7c(ccc(c1c34)c75)C(=O)[N-]C6=O)C(=O)NC2=O.[Rb+].[Rb+]. The summed E-state index contributed by atoms with van der Waals surface area (Å²) in [7, 11) is 0. The fraction of sp³-hybridized carbons (Fsp3) is 0. The van der Waals surface area contributed by atoms with Crippen LogP contribution in [0.1, 0.15) is 94.0 Å². The fourth-order valence-corrected chi connectivity index (χ4v) is 14.5. The van der Waals surface area contributed by atoms with Crippen LogP contribution in [-0.4, -0.2) is 47.3 Å². The number of nitrogens with zero attached hydrogens (tertiary/aromatic N) is 4. The molecule has 14 nitrogen and oxygen atoms in total. The third-order valence-corrected chi connectivity index (χ3v) is 17.6. The molecule has 8 amide bonds. The zero-order chi connectivity index (χ0) is 50.1. The molecular formula is C58H18N6O8Rb2S2. The van der Waals surface area contributed by atoms with E-state index in [0.717, 1.165) is 19.5 Å². The van der Waals surface area contributed by atoms with Crippen LogP contribution in [0.5, 0.6) is 0 Å². The van der Waals surface area contributed by atoms with E-state index in [2.05, 4.69) is 33.4 Å². The zero-order valence-corrected chi connectivity index (χ0v) is 50.6. The normalized spacial score (nSPS) is 14.4. The van der Waals surface area contributed by atoms with Gasteiger partial charge in [0.1, 0.15) is 0 Å². The number of carbonyl (C=O) groups excluding carboxylic acids is 8. The van der Waals surface area contributed by atoms with Gasteiger partial charge in [-0.15, -0.1) is 22.7 Å². The number of amides is 8. The maximum atomic E-state index is 13.9. The van der Waals surface area contributed by atoms with Crippen LogP contribution in [-0.2, 0) is 0 Å². The Bertz CT molecular complexity index is 4800. The Morgan fingerprint density at radius 1 is 0.316 bits per heavy atom. The third-order valence-electron chi connectivity index (χ3n) is 15.2. The monoisotopic (exact) mass is 1160 g/mol. The Kier molecular flexibility index (Phi) is 10.3. The van der Waals surface area contributed by atoms with Crippen molar-refractivity contribution >= 4 is 156 Å². The minimum Gasteiger partial charge on any atom is -0.587 e. The average Bonchev–Trinajstić information content (AvgIpc) is 4.10. The molecule has 0 atom stereocenters. The molecular weight excluding hydrogens is 1140 g/mol. The van der Waals surface area contributed by atoms with Crippen molar-refractivity contribution in [3.8, 4) is 42.8 Å². The number of carbonyl (C=O) groups is 8. The minimum absolute atomic E-state index is 0. The molecule has 6 heterocycles. The summed E-state index contributed by atoms with van der Waals surface area (Å²) in [6.45, 7) is 0. The number of benzene rings is 10. The van der Waals surface area contributed by atoms with E-state index in [-0.39, 0.29) is 172 Å². The molecule has 0 unspecified atom stereocenters. The molecule has 0 radical (unpaired) electrons. The summed E-state index contributed by atoms with van der Waals surface area (Å²) in [6, 6.07) is 32.2. The van der Waals surface area contributed by atoms with Crippen LogP contribution in [0.3, 0.4) is 0 Å². The molecule has 0 saturated heterocycles. The molecule has 16 rings (SSSR count). The third kappa shape index (κ3) is 5.94. The molecule has 2 aromatic heterocycles. The van der Waals surface area contributed by atoms with Crippen molar-refractivity contribution in [2.45, 2.75) is 0 Å². The summed E-state index contributed by atoms with van der Waals surface area (Å²) in [5, 5.41) is 42.0. The largest absolute Gasteiger partial charge is 1.00 e. The van der Waals surface area contributed by atoms with Gasteiger partial charge >= 0.3 is 116 Å². The number of hydrogen-bond acceptors (Lipinski definition) is 12. The van der Waals surface area contributed by atoms with Crippen LogP contribution >= 0.6 is 22.7 Å². The van der Waals surface area contributed by atoms with Gasteiger partial charge in [0.25, 0.3) is 23.6 Å². The first-order valence-electron chi connectivity index (χ1n) is 22.8. The topological polar surface area (TPSA) is 236 Å². The molecule has 0 bridgehead atoms. The minimum atomic E-state index is -0.752. The van der Waals surface area contributed by atoms with Gasteiger partial charge in [0, 0.05) is 118 Å².